The SMILES string of the molecule is CCOC(=O)CC(=O)c1cc(F)c(N2CCCC2)nc1Cl. The van der Waals surface area contributed by atoms with E-state index >= 15 is 0 Å². The van der Waals surface area contributed by atoms with Crippen LogP contribution in [0.4, 0.5) is 10.2 Å². The summed E-state index contributed by atoms with van der Waals surface area (Å²) in [5, 5.41) is -0.0902. The van der Waals surface area contributed by atoms with Crippen LogP contribution in [0.15, 0.2) is 6.07 Å². The van der Waals surface area contributed by atoms with Crippen LogP contribution in [0, 0.1) is 5.82 Å². The summed E-state index contributed by atoms with van der Waals surface area (Å²) in [6, 6.07) is 1.05. The largest absolute Gasteiger partial charge is 0.466 e. The third kappa shape index (κ3) is 3.69. The van der Waals surface area contributed by atoms with Crippen LogP contribution in [0.5, 0.6) is 0 Å². The van der Waals surface area contributed by atoms with Gasteiger partial charge in [0.1, 0.15) is 11.6 Å². The normalized spacial score (nSPS) is 14.3. The molecule has 2 rings (SSSR count). The van der Waals surface area contributed by atoms with Crippen molar-refractivity contribution in [2.45, 2.75) is 26.2 Å². The minimum atomic E-state index is -0.664. The number of ketones is 1. The van der Waals surface area contributed by atoms with Crippen molar-refractivity contribution >= 4 is 29.2 Å². The van der Waals surface area contributed by atoms with Gasteiger partial charge in [-0.3, -0.25) is 9.59 Å². The molecule has 1 aliphatic heterocycles. The third-order valence-corrected chi connectivity index (χ3v) is 3.52. The van der Waals surface area contributed by atoms with Gasteiger partial charge >= 0.3 is 5.97 Å². The van der Waals surface area contributed by atoms with Gasteiger partial charge in [0, 0.05) is 13.1 Å². The van der Waals surface area contributed by atoms with Gasteiger partial charge in [0.05, 0.1) is 12.2 Å². The Kier molecular flexibility index (Phi) is 5.12. The number of halogens is 2. The van der Waals surface area contributed by atoms with Crippen LogP contribution in [-0.4, -0.2) is 36.4 Å². The summed E-state index contributed by atoms with van der Waals surface area (Å²) >= 11 is 5.96. The molecule has 1 aliphatic rings. The van der Waals surface area contributed by atoms with Gasteiger partial charge in [-0.1, -0.05) is 11.6 Å². The lowest BCUT2D eigenvalue weighted by Gasteiger charge is -2.17. The van der Waals surface area contributed by atoms with Crippen LogP contribution < -0.4 is 4.90 Å². The van der Waals surface area contributed by atoms with Crippen molar-refractivity contribution in [1.82, 2.24) is 4.98 Å². The molecule has 21 heavy (non-hydrogen) atoms. The van der Waals surface area contributed by atoms with E-state index in [0.717, 1.165) is 32.0 Å². The number of anilines is 1. The Labute approximate surface area is 127 Å². The minimum Gasteiger partial charge on any atom is -0.466 e. The smallest absolute Gasteiger partial charge is 0.313 e. The lowest BCUT2D eigenvalue weighted by molar-refractivity contribution is -0.141. The van der Waals surface area contributed by atoms with E-state index in [-0.39, 0.29) is 23.1 Å². The van der Waals surface area contributed by atoms with Crippen molar-refractivity contribution in [3.05, 3.63) is 22.6 Å². The van der Waals surface area contributed by atoms with Gasteiger partial charge in [0.25, 0.3) is 0 Å². The molecular weight excluding hydrogens is 299 g/mol. The molecule has 0 unspecified atom stereocenters. The minimum absolute atomic E-state index is 0.0902. The zero-order valence-electron chi connectivity index (χ0n) is 11.7. The summed E-state index contributed by atoms with van der Waals surface area (Å²) in [5.41, 5.74) is -0.0924. The van der Waals surface area contributed by atoms with Crippen LogP contribution in [-0.2, 0) is 9.53 Å². The van der Waals surface area contributed by atoms with E-state index in [9.17, 15) is 14.0 Å². The van der Waals surface area contributed by atoms with Gasteiger partial charge in [-0.15, -0.1) is 0 Å². The van der Waals surface area contributed by atoms with Gasteiger partial charge < -0.3 is 9.64 Å². The summed E-state index contributed by atoms with van der Waals surface area (Å²) in [5.74, 6) is -1.71. The summed E-state index contributed by atoms with van der Waals surface area (Å²) in [7, 11) is 0. The molecule has 0 bridgehead atoms. The van der Waals surface area contributed by atoms with Crippen molar-refractivity contribution in [3.8, 4) is 0 Å². The molecule has 0 radical (unpaired) electrons. The zero-order valence-corrected chi connectivity index (χ0v) is 12.5. The van der Waals surface area contributed by atoms with Crippen LogP contribution in [0.3, 0.4) is 0 Å². The molecule has 0 aliphatic carbocycles. The molecule has 114 valence electrons. The molecule has 0 saturated carbocycles. The van der Waals surface area contributed by atoms with Crippen LogP contribution in [0.1, 0.15) is 36.5 Å². The Morgan fingerprint density at radius 1 is 1.43 bits per heavy atom. The molecule has 7 heteroatoms. The highest BCUT2D eigenvalue weighted by Gasteiger charge is 2.23. The van der Waals surface area contributed by atoms with E-state index in [1.165, 1.54) is 0 Å². The molecule has 5 nitrogen and oxygen atoms in total. The fourth-order valence-corrected chi connectivity index (χ4v) is 2.48. The lowest BCUT2D eigenvalue weighted by atomic mass is 10.1. The molecule has 2 heterocycles. The Morgan fingerprint density at radius 2 is 2.10 bits per heavy atom. The van der Waals surface area contributed by atoms with Crippen LogP contribution >= 0.6 is 11.6 Å². The number of aromatic nitrogens is 1. The van der Waals surface area contributed by atoms with E-state index in [1.807, 2.05) is 0 Å². The van der Waals surface area contributed by atoms with Crippen molar-refractivity contribution in [1.29, 1.82) is 0 Å². The number of hydrogen-bond donors (Lipinski definition) is 0. The van der Waals surface area contributed by atoms with E-state index in [4.69, 9.17) is 11.6 Å². The number of nitrogens with zero attached hydrogens (tertiary/aromatic N) is 2. The average molecular weight is 315 g/mol. The molecule has 0 amide bonds. The zero-order chi connectivity index (χ0) is 15.4. The fraction of sp³-hybridized carbons (Fsp3) is 0.500. The van der Waals surface area contributed by atoms with Crippen molar-refractivity contribution in [2.24, 2.45) is 0 Å². The summed E-state index contributed by atoms with van der Waals surface area (Å²) in [4.78, 5) is 29.0. The monoisotopic (exact) mass is 314 g/mol. The number of esters is 1. The summed E-state index contributed by atoms with van der Waals surface area (Å²) in [6.07, 6.45) is 1.47. The van der Waals surface area contributed by atoms with Crippen molar-refractivity contribution < 1.29 is 18.7 Å². The fourth-order valence-electron chi connectivity index (χ4n) is 2.24. The number of carbonyl (C=O) groups excluding carboxylic acids is 2. The van der Waals surface area contributed by atoms with E-state index in [1.54, 1.807) is 11.8 Å². The van der Waals surface area contributed by atoms with Crippen molar-refractivity contribution in [2.75, 3.05) is 24.6 Å². The second-order valence-electron chi connectivity index (χ2n) is 4.73. The molecule has 1 aromatic heterocycles. The predicted octanol–water partition coefficient (Wildman–Crippen LogP) is 2.61. The van der Waals surface area contributed by atoms with Crippen molar-refractivity contribution in [3.63, 3.8) is 0 Å². The van der Waals surface area contributed by atoms with Gasteiger partial charge in [-0.25, -0.2) is 9.37 Å². The highest BCUT2D eigenvalue weighted by atomic mass is 35.5. The highest BCUT2D eigenvalue weighted by molar-refractivity contribution is 6.33. The first kappa shape index (κ1) is 15.7. The number of ether oxygens (including phenoxy) is 1. The Morgan fingerprint density at radius 3 is 2.71 bits per heavy atom. The molecular formula is C14H16ClFN2O3. The lowest BCUT2D eigenvalue weighted by Crippen LogP contribution is -2.21. The number of carbonyl (C=O) groups is 2. The molecule has 0 N–H and O–H groups in total. The van der Waals surface area contributed by atoms with Gasteiger partial charge in [0.2, 0.25) is 0 Å². The van der Waals surface area contributed by atoms with E-state index in [0.29, 0.717) is 0 Å². The number of pyridine rings is 1. The number of Topliss-reactive ketones (excluding diaryl/α,β-unsaturated/α-hetero) is 1. The Bertz CT molecular complexity index is 559. The first-order valence-corrected chi connectivity index (χ1v) is 7.20. The van der Waals surface area contributed by atoms with Gasteiger partial charge in [-0.2, -0.15) is 0 Å². The summed E-state index contributed by atoms with van der Waals surface area (Å²) < 4.78 is 18.8. The third-order valence-electron chi connectivity index (χ3n) is 3.23. The maximum absolute atomic E-state index is 14.1. The van der Waals surface area contributed by atoms with Crippen LogP contribution in [0.25, 0.3) is 0 Å². The first-order valence-electron chi connectivity index (χ1n) is 6.82. The average Bonchev–Trinajstić information content (AvgIpc) is 2.94. The van der Waals surface area contributed by atoms with E-state index < -0.39 is 24.0 Å². The predicted molar refractivity (Wildman–Crippen MR) is 76.2 cm³/mol. The number of hydrogen-bond acceptors (Lipinski definition) is 5. The Balaban J connectivity index is 2.19. The molecule has 0 spiro atoms. The molecule has 1 fully saturated rings. The standard InChI is InChI=1S/C14H16ClFN2O3/c1-2-21-12(20)8-11(19)9-7-10(16)14(17-13(9)15)18-5-3-4-6-18/h7H,2-6,8H2,1H3. The Hall–Kier alpha value is -1.69. The van der Waals surface area contributed by atoms with Crippen LogP contribution in [0.2, 0.25) is 5.15 Å². The van der Waals surface area contributed by atoms with E-state index in [2.05, 4.69) is 9.72 Å². The topological polar surface area (TPSA) is 59.5 Å². The van der Waals surface area contributed by atoms with Gasteiger partial charge in [0.15, 0.2) is 17.4 Å². The molecule has 1 aromatic rings. The van der Waals surface area contributed by atoms with Gasteiger partial charge in [-0.05, 0) is 25.8 Å². The maximum atomic E-state index is 14.1. The molecule has 0 aromatic carbocycles. The summed E-state index contributed by atoms with van der Waals surface area (Å²) in [6.45, 7) is 3.26. The highest BCUT2D eigenvalue weighted by Crippen LogP contribution is 2.26. The molecule has 0 atom stereocenters. The second kappa shape index (κ2) is 6.85. The quantitative estimate of drug-likeness (QED) is 0.362. The maximum Gasteiger partial charge on any atom is 0.313 e. The second-order valence-corrected chi connectivity index (χ2v) is 5.09. The molecule has 1 saturated heterocycles. The number of rotatable bonds is 5. The first-order chi connectivity index (χ1) is 10.0.